The minimum absolute atomic E-state index is 0.0643. The van der Waals surface area contributed by atoms with Crippen molar-refractivity contribution in [1.29, 1.82) is 0 Å². The fourth-order valence-electron chi connectivity index (χ4n) is 4.45. The zero-order chi connectivity index (χ0) is 24.8. The van der Waals surface area contributed by atoms with Crippen LogP contribution < -0.4 is 0 Å². The Labute approximate surface area is 204 Å². The molecule has 0 saturated carbocycles. The van der Waals surface area contributed by atoms with E-state index in [9.17, 15) is 14.4 Å². The zero-order valence-electron chi connectivity index (χ0n) is 20.0. The number of carbonyl (C=O) groups excluding carboxylic acids is 3. The van der Waals surface area contributed by atoms with Gasteiger partial charge in [0, 0.05) is 32.1 Å². The Morgan fingerprint density at radius 3 is 2.54 bits per heavy atom. The average Bonchev–Trinajstić information content (AvgIpc) is 3.52. The topological polar surface area (TPSA) is 95.6 Å². The van der Waals surface area contributed by atoms with Crippen LogP contribution in [0.3, 0.4) is 0 Å². The summed E-state index contributed by atoms with van der Waals surface area (Å²) >= 11 is 0. The summed E-state index contributed by atoms with van der Waals surface area (Å²) in [6, 6.07) is 15.9. The molecule has 1 aromatic heterocycles. The summed E-state index contributed by atoms with van der Waals surface area (Å²) in [4.78, 5) is 50.1. The van der Waals surface area contributed by atoms with Crippen LogP contribution in [0, 0.1) is 6.92 Å². The lowest BCUT2D eigenvalue weighted by atomic mass is 10.0. The first-order valence-corrected chi connectivity index (χ1v) is 11.7. The number of carbonyl (C=O) groups is 3. The van der Waals surface area contributed by atoms with Gasteiger partial charge in [0.25, 0.3) is 0 Å². The Kier molecular flexibility index (Phi) is 7.60. The number of likely N-dealkylation sites (tertiary alicyclic amines) is 1. The van der Waals surface area contributed by atoms with E-state index in [4.69, 9.17) is 4.74 Å². The summed E-state index contributed by atoms with van der Waals surface area (Å²) in [7, 11) is 1.31. The quantitative estimate of drug-likeness (QED) is 0.481. The molecular formula is C27H30N4O4. The van der Waals surface area contributed by atoms with Gasteiger partial charge in [-0.15, -0.1) is 0 Å². The third-order valence-electron chi connectivity index (χ3n) is 6.37. The van der Waals surface area contributed by atoms with Crippen LogP contribution in [0.1, 0.15) is 35.2 Å². The number of nitrogens with zero attached hydrogens (tertiary/aromatic N) is 3. The predicted molar refractivity (Wildman–Crippen MR) is 130 cm³/mol. The van der Waals surface area contributed by atoms with Crippen molar-refractivity contribution >= 4 is 17.8 Å². The number of methoxy groups -OCH3 is 1. The van der Waals surface area contributed by atoms with Crippen molar-refractivity contribution in [2.24, 2.45) is 0 Å². The van der Waals surface area contributed by atoms with Crippen LogP contribution in [0.2, 0.25) is 0 Å². The molecule has 8 heteroatoms. The number of aryl methyl sites for hydroxylation is 1. The summed E-state index contributed by atoms with van der Waals surface area (Å²) in [6.45, 7) is 2.56. The van der Waals surface area contributed by atoms with Gasteiger partial charge in [-0.25, -0.2) is 9.78 Å². The van der Waals surface area contributed by atoms with Gasteiger partial charge in [0.1, 0.15) is 12.1 Å². The first-order valence-electron chi connectivity index (χ1n) is 11.7. The van der Waals surface area contributed by atoms with Crippen molar-refractivity contribution in [3.8, 4) is 0 Å². The van der Waals surface area contributed by atoms with Crippen LogP contribution in [0.4, 0.5) is 0 Å². The first kappa shape index (κ1) is 24.2. The van der Waals surface area contributed by atoms with Crippen LogP contribution in [-0.4, -0.2) is 56.7 Å². The second kappa shape index (κ2) is 11.0. The Balaban J connectivity index is 1.65. The lowest BCUT2D eigenvalue weighted by Gasteiger charge is -2.34. The second-order valence-corrected chi connectivity index (χ2v) is 8.82. The number of H-pyrrole nitrogens is 1. The molecule has 1 fully saturated rings. The number of nitrogens with one attached hydrogen (secondary N) is 1. The van der Waals surface area contributed by atoms with E-state index in [0.717, 1.165) is 16.7 Å². The van der Waals surface area contributed by atoms with Crippen molar-refractivity contribution in [3.05, 3.63) is 89.5 Å². The minimum Gasteiger partial charge on any atom is -0.467 e. The summed E-state index contributed by atoms with van der Waals surface area (Å²) in [5.41, 5.74) is 3.61. The smallest absolute Gasteiger partial charge is 0.329 e. The van der Waals surface area contributed by atoms with Crippen molar-refractivity contribution in [1.82, 2.24) is 19.8 Å². The van der Waals surface area contributed by atoms with Gasteiger partial charge in [0.15, 0.2) is 0 Å². The molecule has 0 bridgehead atoms. The highest BCUT2D eigenvalue weighted by molar-refractivity contribution is 5.93. The van der Waals surface area contributed by atoms with E-state index in [2.05, 4.69) is 9.97 Å². The number of hydrogen-bond acceptors (Lipinski definition) is 5. The van der Waals surface area contributed by atoms with E-state index in [1.165, 1.54) is 13.4 Å². The van der Waals surface area contributed by atoms with Gasteiger partial charge in [0.2, 0.25) is 11.8 Å². The summed E-state index contributed by atoms with van der Waals surface area (Å²) in [5.74, 6) is -0.852. The lowest BCUT2D eigenvalue weighted by molar-refractivity contribution is -0.156. The van der Waals surface area contributed by atoms with E-state index < -0.39 is 18.1 Å². The van der Waals surface area contributed by atoms with Crippen molar-refractivity contribution in [3.63, 3.8) is 0 Å². The Bertz CT molecular complexity index is 1150. The van der Waals surface area contributed by atoms with Gasteiger partial charge in [-0.2, -0.15) is 0 Å². The Hall–Kier alpha value is -3.94. The normalized spacial score (nSPS) is 16.2. The highest BCUT2D eigenvalue weighted by atomic mass is 16.5. The van der Waals surface area contributed by atoms with Crippen molar-refractivity contribution in [2.75, 3.05) is 7.11 Å². The molecule has 4 rings (SSSR count). The molecule has 1 N–H and O–H groups in total. The minimum atomic E-state index is -0.882. The number of esters is 1. The first-order chi connectivity index (χ1) is 17.0. The summed E-state index contributed by atoms with van der Waals surface area (Å²) in [5, 5.41) is 0. The summed E-state index contributed by atoms with van der Waals surface area (Å²) < 4.78 is 5.10. The molecule has 2 aromatic carbocycles. The van der Waals surface area contributed by atoms with E-state index in [-0.39, 0.29) is 24.8 Å². The van der Waals surface area contributed by atoms with Gasteiger partial charge in [-0.3, -0.25) is 9.59 Å². The fraction of sp³-hybridized carbons (Fsp3) is 0.333. The molecule has 8 nitrogen and oxygen atoms in total. The highest BCUT2D eigenvalue weighted by Gasteiger charge is 2.42. The van der Waals surface area contributed by atoms with Crippen LogP contribution in [0.25, 0.3) is 0 Å². The largest absolute Gasteiger partial charge is 0.467 e. The molecule has 2 amide bonds. The van der Waals surface area contributed by atoms with Gasteiger partial charge in [0.05, 0.1) is 19.1 Å². The van der Waals surface area contributed by atoms with E-state index in [1.54, 1.807) is 16.0 Å². The molecule has 35 heavy (non-hydrogen) atoms. The number of amides is 2. The summed E-state index contributed by atoms with van der Waals surface area (Å²) in [6.07, 6.45) is 4.14. The van der Waals surface area contributed by atoms with Crippen LogP contribution in [-0.2, 0) is 38.6 Å². The third kappa shape index (κ3) is 5.77. The van der Waals surface area contributed by atoms with E-state index in [1.807, 2.05) is 61.5 Å². The highest BCUT2D eigenvalue weighted by Crippen LogP contribution is 2.26. The molecule has 1 saturated heterocycles. The van der Waals surface area contributed by atoms with Crippen molar-refractivity contribution in [2.45, 2.75) is 51.4 Å². The third-order valence-corrected chi connectivity index (χ3v) is 6.37. The molecule has 2 heterocycles. The number of hydrogen-bond donors (Lipinski definition) is 1. The molecule has 1 aliphatic rings. The molecule has 0 radical (unpaired) electrons. The zero-order valence-corrected chi connectivity index (χ0v) is 20.0. The molecular weight excluding hydrogens is 444 g/mol. The molecule has 3 aromatic rings. The van der Waals surface area contributed by atoms with E-state index >= 15 is 0 Å². The maximum absolute atomic E-state index is 14.0. The molecule has 182 valence electrons. The number of aromatic nitrogens is 2. The maximum atomic E-state index is 14.0. The Morgan fingerprint density at radius 1 is 1.14 bits per heavy atom. The van der Waals surface area contributed by atoms with Gasteiger partial charge < -0.3 is 19.5 Å². The monoisotopic (exact) mass is 474 g/mol. The molecule has 1 aliphatic heterocycles. The number of aromatic amines is 1. The fourth-order valence-corrected chi connectivity index (χ4v) is 4.45. The molecule has 0 unspecified atom stereocenters. The molecule has 0 aliphatic carbocycles. The van der Waals surface area contributed by atoms with Gasteiger partial charge in [-0.05, 0) is 24.5 Å². The van der Waals surface area contributed by atoms with Crippen LogP contribution >= 0.6 is 0 Å². The van der Waals surface area contributed by atoms with Crippen molar-refractivity contribution < 1.29 is 19.1 Å². The van der Waals surface area contributed by atoms with Gasteiger partial charge in [-0.1, -0.05) is 60.2 Å². The number of imidazole rings is 1. The molecule has 2 atom stereocenters. The number of benzene rings is 2. The maximum Gasteiger partial charge on any atom is 0.329 e. The average molecular weight is 475 g/mol. The van der Waals surface area contributed by atoms with Crippen LogP contribution in [0.5, 0.6) is 0 Å². The second-order valence-electron chi connectivity index (χ2n) is 8.82. The lowest BCUT2D eigenvalue weighted by Crippen LogP contribution is -2.53. The Morgan fingerprint density at radius 2 is 1.89 bits per heavy atom. The predicted octanol–water partition coefficient (Wildman–Crippen LogP) is 3.02. The van der Waals surface area contributed by atoms with Gasteiger partial charge >= 0.3 is 5.97 Å². The standard InChI is InChI=1S/C27H30N4O4/c1-19-8-10-21(11-9-19)16-30-23(12-13-25(30)32)26(33)31(17-20-6-4-3-5-7-20)24(27(34)35-2)14-22-15-28-18-29-22/h3-11,15,18,23-24H,12-14,16-17H2,1-2H3,(H,28,29)/t23-,24-/m0/s1. The molecule has 0 spiro atoms. The number of rotatable bonds is 9. The van der Waals surface area contributed by atoms with Crippen LogP contribution in [0.15, 0.2) is 67.1 Å². The van der Waals surface area contributed by atoms with E-state index in [0.29, 0.717) is 25.1 Å². The SMILES string of the molecule is COC(=O)[C@H](Cc1c[nH]cn1)N(Cc1ccccc1)C(=O)[C@@H]1CCC(=O)N1Cc1ccc(C)cc1. The number of ether oxygens (including phenoxy) is 1.